The fourth-order valence-electron chi connectivity index (χ4n) is 2.58. The van der Waals surface area contributed by atoms with Gasteiger partial charge in [-0.25, -0.2) is 15.0 Å². The summed E-state index contributed by atoms with van der Waals surface area (Å²) in [5.74, 6) is 0.840. The Hall–Kier alpha value is -1.81. The van der Waals surface area contributed by atoms with Crippen molar-refractivity contribution in [2.45, 2.75) is 37.9 Å². The van der Waals surface area contributed by atoms with Gasteiger partial charge in [0.25, 0.3) is 0 Å². The number of nitrogen functional groups attached to an aromatic ring is 1. The van der Waals surface area contributed by atoms with Crippen LogP contribution in [0.1, 0.15) is 19.0 Å². The largest absolute Gasteiger partial charge is 0.394 e. The number of aliphatic hydroxyl groups excluding tert-OH is 3. The van der Waals surface area contributed by atoms with Gasteiger partial charge < -0.3 is 25.8 Å². The zero-order valence-electron chi connectivity index (χ0n) is 11.4. The van der Waals surface area contributed by atoms with Crippen molar-refractivity contribution in [3.8, 4) is 0 Å². The molecule has 0 radical (unpaired) electrons. The molecule has 1 saturated heterocycles. The first-order valence-corrected chi connectivity index (χ1v) is 6.68. The van der Waals surface area contributed by atoms with E-state index in [1.54, 1.807) is 4.57 Å². The number of nitrogens with two attached hydrogens (primary N) is 1. The molecule has 9 heteroatoms. The molecular formula is C12H17N5O4. The van der Waals surface area contributed by atoms with Gasteiger partial charge in [0, 0.05) is 6.42 Å². The molecule has 9 nitrogen and oxygen atoms in total. The summed E-state index contributed by atoms with van der Waals surface area (Å²) >= 11 is 0. The van der Waals surface area contributed by atoms with Gasteiger partial charge in [0.2, 0.25) is 0 Å². The summed E-state index contributed by atoms with van der Waals surface area (Å²) in [7, 11) is 0. The Kier molecular flexibility index (Phi) is 3.49. The summed E-state index contributed by atoms with van der Waals surface area (Å²) in [5.41, 5.74) is 6.64. The van der Waals surface area contributed by atoms with Gasteiger partial charge in [-0.1, -0.05) is 6.92 Å². The zero-order chi connectivity index (χ0) is 15.1. The third-order valence-corrected chi connectivity index (χ3v) is 3.67. The summed E-state index contributed by atoms with van der Waals surface area (Å²) in [4.78, 5) is 12.4. The molecule has 4 atom stereocenters. The minimum atomic E-state index is -1.19. The van der Waals surface area contributed by atoms with Crippen molar-refractivity contribution in [3.05, 3.63) is 12.2 Å². The van der Waals surface area contributed by atoms with Crippen LogP contribution in [0.2, 0.25) is 0 Å². The van der Waals surface area contributed by atoms with E-state index < -0.39 is 24.5 Å². The number of imidazole rings is 1. The van der Waals surface area contributed by atoms with E-state index in [9.17, 15) is 15.3 Å². The molecule has 0 amide bonds. The number of rotatable bonds is 3. The average Bonchev–Trinajstić information content (AvgIpc) is 2.99. The first kappa shape index (κ1) is 14.1. The maximum absolute atomic E-state index is 10.2. The maximum Gasteiger partial charge on any atom is 0.167 e. The second-order valence-corrected chi connectivity index (χ2v) is 4.91. The predicted molar refractivity (Wildman–Crippen MR) is 72.1 cm³/mol. The van der Waals surface area contributed by atoms with Gasteiger partial charge in [-0.3, -0.25) is 4.57 Å². The summed E-state index contributed by atoms with van der Waals surface area (Å²) < 4.78 is 7.14. The lowest BCUT2D eigenvalue weighted by Gasteiger charge is -2.18. The molecular weight excluding hydrogens is 278 g/mol. The van der Waals surface area contributed by atoms with Gasteiger partial charge in [-0.2, -0.15) is 0 Å². The van der Waals surface area contributed by atoms with Crippen molar-refractivity contribution in [2.75, 3.05) is 12.3 Å². The van der Waals surface area contributed by atoms with Crippen LogP contribution < -0.4 is 5.73 Å². The molecule has 1 aliphatic rings. The van der Waals surface area contributed by atoms with Crippen LogP contribution in [-0.4, -0.2) is 59.8 Å². The standard InChI is InChI=1S/C12H17N5O4/c1-2-6-16-7-10(13)14-4-15-11(7)17(6)12-9(20)8(19)5(3-18)21-12/h4-5,8-9,12,18-20H,2-3H2,1H3,(H2,13,14,15)/t5-,8-,9-,12?/m1/s1. The number of ether oxygens (including phenoxy) is 1. The second-order valence-electron chi connectivity index (χ2n) is 4.91. The molecule has 3 heterocycles. The molecule has 0 saturated carbocycles. The van der Waals surface area contributed by atoms with Crippen molar-refractivity contribution >= 4 is 17.0 Å². The highest BCUT2D eigenvalue weighted by atomic mass is 16.6. The lowest BCUT2D eigenvalue weighted by atomic mass is 10.1. The fourth-order valence-corrected chi connectivity index (χ4v) is 2.58. The number of aliphatic hydroxyl groups is 3. The third-order valence-electron chi connectivity index (χ3n) is 3.67. The molecule has 0 bridgehead atoms. The molecule has 5 N–H and O–H groups in total. The maximum atomic E-state index is 10.2. The van der Waals surface area contributed by atoms with E-state index in [1.165, 1.54) is 6.33 Å². The Labute approximate surface area is 120 Å². The Morgan fingerprint density at radius 3 is 2.71 bits per heavy atom. The minimum Gasteiger partial charge on any atom is -0.394 e. The lowest BCUT2D eigenvalue weighted by Crippen LogP contribution is -2.33. The highest BCUT2D eigenvalue weighted by molar-refractivity contribution is 5.81. The second kappa shape index (κ2) is 5.19. The Balaban J connectivity index is 2.14. The van der Waals surface area contributed by atoms with Crippen LogP contribution in [0.15, 0.2) is 6.33 Å². The van der Waals surface area contributed by atoms with Gasteiger partial charge in [0.15, 0.2) is 23.2 Å². The van der Waals surface area contributed by atoms with Gasteiger partial charge in [0.05, 0.1) is 6.61 Å². The quantitative estimate of drug-likeness (QED) is 0.541. The molecule has 2 aromatic rings. The molecule has 1 aliphatic heterocycles. The van der Waals surface area contributed by atoms with Crippen molar-refractivity contribution < 1.29 is 20.1 Å². The Bertz CT molecular complexity index is 660. The van der Waals surface area contributed by atoms with E-state index in [2.05, 4.69) is 15.0 Å². The smallest absolute Gasteiger partial charge is 0.167 e. The minimum absolute atomic E-state index is 0.236. The van der Waals surface area contributed by atoms with Crippen LogP contribution in [0.4, 0.5) is 5.82 Å². The lowest BCUT2D eigenvalue weighted by molar-refractivity contribution is -0.0522. The van der Waals surface area contributed by atoms with E-state index in [4.69, 9.17) is 10.5 Å². The van der Waals surface area contributed by atoms with Crippen LogP contribution in [0.3, 0.4) is 0 Å². The molecule has 21 heavy (non-hydrogen) atoms. The van der Waals surface area contributed by atoms with Crippen molar-refractivity contribution in [1.29, 1.82) is 0 Å². The summed E-state index contributed by atoms with van der Waals surface area (Å²) in [6.45, 7) is 1.50. The number of hydrogen-bond donors (Lipinski definition) is 4. The average molecular weight is 295 g/mol. The van der Waals surface area contributed by atoms with E-state index in [1.807, 2.05) is 6.92 Å². The van der Waals surface area contributed by atoms with Crippen LogP contribution in [0.5, 0.6) is 0 Å². The first-order chi connectivity index (χ1) is 10.1. The van der Waals surface area contributed by atoms with Crippen molar-refractivity contribution in [2.24, 2.45) is 0 Å². The van der Waals surface area contributed by atoms with E-state index >= 15 is 0 Å². The molecule has 2 aromatic heterocycles. The Morgan fingerprint density at radius 2 is 2.10 bits per heavy atom. The number of hydrogen-bond acceptors (Lipinski definition) is 8. The van der Waals surface area contributed by atoms with E-state index in [-0.39, 0.29) is 12.4 Å². The van der Waals surface area contributed by atoms with E-state index in [0.29, 0.717) is 23.4 Å². The monoisotopic (exact) mass is 295 g/mol. The van der Waals surface area contributed by atoms with Gasteiger partial charge in [-0.15, -0.1) is 0 Å². The van der Waals surface area contributed by atoms with Gasteiger partial charge in [-0.05, 0) is 0 Å². The highest BCUT2D eigenvalue weighted by Gasteiger charge is 2.44. The number of anilines is 1. The molecule has 3 rings (SSSR count). The number of fused-ring (bicyclic) bond motifs is 1. The van der Waals surface area contributed by atoms with Crippen molar-refractivity contribution in [1.82, 2.24) is 19.5 Å². The first-order valence-electron chi connectivity index (χ1n) is 6.68. The summed E-state index contributed by atoms with van der Waals surface area (Å²) in [6.07, 6.45) is -2.25. The number of nitrogens with zero attached hydrogens (tertiary/aromatic N) is 4. The van der Waals surface area contributed by atoms with Gasteiger partial charge >= 0.3 is 0 Å². The van der Waals surface area contributed by atoms with Crippen LogP contribution >= 0.6 is 0 Å². The highest BCUT2D eigenvalue weighted by Crippen LogP contribution is 2.33. The predicted octanol–water partition coefficient (Wildman–Crippen LogP) is -1.42. The molecule has 0 spiro atoms. The van der Waals surface area contributed by atoms with Crippen LogP contribution in [-0.2, 0) is 11.2 Å². The van der Waals surface area contributed by atoms with Crippen molar-refractivity contribution in [3.63, 3.8) is 0 Å². The summed E-state index contributed by atoms with van der Waals surface area (Å²) in [6, 6.07) is 0. The number of aromatic nitrogens is 4. The SMILES string of the molecule is CCc1nc2c(N)ncnc2n1C1O[C@H](CO)[C@@H](O)[C@H]1O. The molecule has 114 valence electrons. The molecule has 0 aliphatic carbocycles. The normalized spacial score (nSPS) is 29.3. The number of aryl methyl sites for hydroxylation is 1. The van der Waals surface area contributed by atoms with Crippen LogP contribution in [0.25, 0.3) is 11.2 Å². The molecule has 1 fully saturated rings. The molecule has 0 aromatic carbocycles. The van der Waals surface area contributed by atoms with E-state index in [0.717, 1.165) is 0 Å². The fraction of sp³-hybridized carbons (Fsp3) is 0.583. The van der Waals surface area contributed by atoms with Gasteiger partial charge in [0.1, 0.15) is 30.5 Å². The third kappa shape index (κ3) is 2.05. The Morgan fingerprint density at radius 1 is 1.33 bits per heavy atom. The van der Waals surface area contributed by atoms with Crippen LogP contribution in [0, 0.1) is 0 Å². The zero-order valence-corrected chi connectivity index (χ0v) is 11.4. The topological polar surface area (TPSA) is 140 Å². The summed E-state index contributed by atoms with van der Waals surface area (Å²) in [5, 5.41) is 29.2. The molecule has 1 unspecified atom stereocenters.